The predicted octanol–water partition coefficient (Wildman–Crippen LogP) is 1.06. The van der Waals surface area contributed by atoms with Crippen molar-refractivity contribution in [3.63, 3.8) is 0 Å². The van der Waals surface area contributed by atoms with E-state index in [2.05, 4.69) is 9.47 Å². The van der Waals surface area contributed by atoms with Gasteiger partial charge in [-0.25, -0.2) is 4.79 Å². The normalized spacial score (nSPS) is 26.6. The smallest absolute Gasteiger partial charge is 0.427 e. The molecule has 1 rings (SSSR count). The molecule has 3 nitrogen and oxygen atoms in total. The van der Waals surface area contributed by atoms with Crippen LogP contribution in [0.25, 0.3) is 0 Å². The van der Waals surface area contributed by atoms with E-state index in [1.807, 2.05) is 0 Å². The van der Waals surface area contributed by atoms with Crippen molar-refractivity contribution < 1.29 is 14.3 Å². The standard InChI is InChI=1S/C5H6O3/c1-4-2-3-7-5(6)8-4/h2-4H,1H3. The molecular formula is C5H6O3. The van der Waals surface area contributed by atoms with E-state index >= 15 is 0 Å². The Hall–Kier alpha value is -0.990. The third-order valence-electron chi connectivity index (χ3n) is 0.796. The summed E-state index contributed by atoms with van der Waals surface area (Å²) in [7, 11) is 0. The molecule has 0 saturated heterocycles. The average Bonchev–Trinajstić information content (AvgIpc) is 1.64. The second-order valence-electron chi connectivity index (χ2n) is 1.52. The molecule has 8 heavy (non-hydrogen) atoms. The zero-order valence-corrected chi connectivity index (χ0v) is 4.46. The van der Waals surface area contributed by atoms with E-state index in [-0.39, 0.29) is 6.10 Å². The van der Waals surface area contributed by atoms with E-state index in [0.717, 1.165) is 0 Å². The largest absolute Gasteiger partial charge is 0.513 e. The van der Waals surface area contributed by atoms with Crippen molar-refractivity contribution in [1.29, 1.82) is 0 Å². The molecule has 0 saturated carbocycles. The Labute approximate surface area is 46.9 Å². The Morgan fingerprint density at radius 3 is 2.88 bits per heavy atom. The van der Waals surface area contributed by atoms with Crippen LogP contribution < -0.4 is 0 Å². The summed E-state index contributed by atoms with van der Waals surface area (Å²) in [5.74, 6) is 0. The molecule has 1 heterocycles. The predicted molar refractivity (Wildman–Crippen MR) is 26.2 cm³/mol. The van der Waals surface area contributed by atoms with E-state index in [0.29, 0.717) is 0 Å². The van der Waals surface area contributed by atoms with Crippen LogP contribution in [0, 0.1) is 0 Å². The summed E-state index contributed by atoms with van der Waals surface area (Å²) in [6.45, 7) is 1.76. The molecule has 0 N–H and O–H groups in total. The van der Waals surface area contributed by atoms with E-state index in [4.69, 9.17) is 0 Å². The van der Waals surface area contributed by atoms with Gasteiger partial charge in [-0.2, -0.15) is 0 Å². The number of ether oxygens (including phenoxy) is 2. The lowest BCUT2D eigenvalue weighted by Crippen LogP contribution is -2.16. The number of hydrogen-bond acceptors (Lipinski definition) is 3. The summed E-state index contributed by atoms with van der Waals surface area (Å²) in [5.41, 5.74) is 0. The van der Waals surface area contributed by atoms with Crippen LogP contribution in [0.2, 0.25) is 0 Å². The zero-order valence-electron chi connectivity index (χ0n) is 4.46. The lowest BCUT2D eigenvalue weighted by Gasteiger charge is -2.10. The summed E-state index contributed by atoms with van der Waals surface area (Å²) < 4.78 is 8.84. The number of carbonyl (C=O) groups is 1. The van der Waals surface area contributed by atoms with E-state index in [1.54, 1.807) is 13.0 Å². The molecule has 0 bridgehead atoms. The second-order valence-corrected chi connectivity index (χ2v) is 1.52. The maximum absolute atomic E-state index is 10.2. The Kier molecular flexibility index (Phi) is 1.20. The first-order valence-corrected chi connectivity index (χ1v) is 2.33. The van der Waals surface area contributed by atoms with Gasteiger partial charge in [0.15, 0.2) is 0 Å². The summed E-state index contributed by atoms with van der Waals surface area (Å²) in [6, 6.07) is 0. The summed E-state index contributed by atoms with van der Waals surface area (Å²) >= 11 is 0. The maximum Gasteiger partial charge on any atom is 0.513 e. The molecule has 0 amide bonds. The summed E-state index contributed by atoms with van der Waals surface area (Å²) in [6.07, 6.45) is 2.22. The number of cyclic esters (lactones) is 2. The van der Waals surface area contributed by atoms with Crippen LogP contribution in [0.15, 0.2) is 12.3 Å². The van der Waals surface area contributed by atoms with Crippen molar-refractivity contribution in [1.82, 2.24) is 0 Å². The van der Waals surface area contributed by atoms with Crippen molar-refractivity contribution in [3.8, 4) is 0 Å². The van der Waals surface area contributed by atoms with Gasteiger partial charge in [-0.1, -0.05) is 0 Å². The van der Waals surface area contributed by atoms with Crippen LogP contribution in [-0.2, 0) is 9.47 Å². The van der Waals surface area contributed by atoms with E-state index in [9.17, 15) is 4.79 Å². The molecule has 1 atom stereocenters. The second kappa shape index (κ2) is 1.86. The molecule has 1 aliphatic heterocycles. The van der Waals surface area contributed by atoms with Gasteiger partial charge in [0.25, 0.3) is 0 Å². The Morgan fingerprint density at radius 2 is 2.50 bits per heavy atom. The molecule has 0 aromatic rings. The van der Waals surface area contributed by atoms with Crippen LogP contribution in [0.5, 0.6) is 0 Å². The minimum Gasteiger partial charge on any atom is -0.427 e. The van der Waals surface area contributed by atoms with Gasteiger partial charge in [-0.3, -0.25) is 0 Å². The van der Waals surface area contributed by atoms with Crippen LogP contribution in [0.1, 0.15) is 6.92 Å². The third kappa shape index (κ3) is 0.992. The fourth-order valence-corrected chi connectivity index (χ4v) is 0.424. The van der Waals surface area contributed by atoms with Crippen molar-refractivity contribution in [2.75, 3.05) is 0 Å². The molecule has 0 aromatic heterocycles. The molecule has 3 heteroatoms. The highest BCUT2D eigenvalue weighted by Gasteiger charge is 2.10. The van der Waals surface area contributed by atoms with Gasteiger partial charge >= 0.3 is 6.16 Å². The molecule has 0 fully saturated rings. The molecule has 0 aromatic carbocycles. The molecule has 1 unspecified atom stereocenters. The highest BCUT2D eigenvalue weighted by molar-refractivity contribution is 5.61. The highest BCUT2D eigenvalue weighted by atomic mass is 16.7. The number of rotatable bonds is 0. The van der Waals surface area contributed by atoms with Crippen molar-refractivity contribution in [2.45, 2.75) is 13.0 Å². The molecule has 0 spiro atoms. The Bertz CT molecular complexity index is 128. The van der Waals surface area contributed by atoms with Crippen LogP contribution in [0.4, 0.5) is 4.79 Å². The van der Waals surface area contributed by atoms with Gasteiger partial charge in [-0.15, -0.1) is 0 Å². The van der Waals surface area contributed by atoms with Crippen LogP contribution in [-0.4, -0.2) is 12.3 Å². The first kappa shape index (κ1) is 5.15. The van der Waals surface area contributed by atoms with E-state index < -0.39 is 6.16 Å². The Balaban J connectivity index is 2.54. The quantitative estimate of drug-likeness (QED) is 0.441. The molecule has 0 aliphatic carbocycles. The average molecular weight is 114 g/mol. The molecule has 44 valence electrons. The van der Waals surface area contributed by atoms with Gasteiger partial charge in [0, 0.05) is 0 Å². The fourth-order valence-electron chi connectivity index (χ4n) is 0.424. The van der Waals surface area contributed by atoms with Crippen molar-refractivity contribution >= 4 is 6.16 Å². The summed E-state index contributed by atoms with van der Waals surface area (Å²) in [5, 5.41) is 0. The fraction of sp³-hybridized carbons (Fsp3) is 0.400. The van der Waals surface area contributed by atoms with Crippen LogP contribution >= 0.6 is 0 Å². The minimum absolute atomic E-state index is 0.142. The lowest BCUT2D eigenvalue weighted by atomic mass is 10.4. The van der Waals surface area contributed by atoms with Gasteiger partial charge in [-0.05, 0) is 13.0 Å². The third-order valence-corrected chi connectivity index (χ3v) is 0.796. The lowest BCUT2D eigenvalue weighted by molar-refractivity contribution is 0.0554. The van der Waals surface area contributed by atoms with Gasteiger partial charge < -0.3 is 9.47 Å². The first-order valence-electron chi connectivity index (χ1n) is 2.33. The van der Waals surface area contributed by atoms with Gasteiger partial charge in [0.2, 0.25) is 0 Å². The minimum atomic E-state index is -0.625. The zero-order chi connectivity index (χ0) is 5.98. The van der Waals surface area contributed by atoms with Gasteiger partial charge in [0.1, 0.15) is 6.10 Å². The topological polar surface area (TPSA) is 35.5 Å². The SMILES string of the molecule is CC1C=COC(=O)O1. The maximum atomic E-state index is 10.2. The molecular weight excluding hydrogens is 108 g/mol. The Morgan fingerprint density at radius 1 is 1.75 bits per heavy atom. The first-order chi connectivity index (χ1) is 3.79. The molecule has 1 aliphatic rings. The number of hydrogen-bond donors (Lipinski definition) is 0. The highest BCUT2D eigenvalue weighted by Crippen LogP contribution is 2.02. The van der Waals surface area contributed by atoms with Crippen LogP contribution in [0.3, 0.4) is 0 Å². The number of carbonyl (C=O) groups excluding carboxylic acids is 1. The molecule has 0 radical (unpaired) electrons. The van der Waals surface area contributed by atoms with Crippen molar-refractivity contribution in [3.05, 3.63) is 12.3 Å². The van der Waals surface area contributed by atoms with Gasteiger partial charge in [0.05, 0.1) is 6.26 Å². The summed E-state index contributed by atoms with van der Waals surface area (Å²) in [4.78, 5) is 10.2. The van der Waals surface area contributed by atoms with E-state index in [1.165, 1.54) is 6.26 Å². The van der Waals surface area contributed by atoms with Crippen molar-refractivity contribution in [2.24, 2.45) is 0 Å². The monoisotopic (exact) mass is 114 g/mol.